The van der Waals surface area contributed by atoms with Crippen molar-refractivity contribution in [2.75, 3.05) is 11.9 Å². The van der Waals surface area contributed by atoms with Crippen molar-refractivity contribution in [1.29, 1.82) is 0 Å². The third kappa shape index (κ3) is 4.00. The second-order valence-corrected chi connectivity index (χ2v) is 5.38. The van der Waals surface area contributed by atoms with Crippen LogP contribution in [0.25, 0.3) is 0 Å². The summed E-state index contributed by atoms with van der Waals surface area (Å²) < 4.78 is 5.56. The molecule has 1 aromatic rings. The number of alkyl halides is 1. The van der Waals surface area contributed by atoms with E-state index in [2.05, 4.69) is 15.9 Å². The fourth-order valence-electron chi connectivity index (χ4n) is 1.20. The minimum absolute atomic E-state index is 0.0148. The largest absolute Gasteiger partial charge is 0.486 e. The van der Waals surface area contributed by atoms with Crippen molar-refractivity contribution < 1.29 is 9.66 Å². The van der Waals surface area contributed by atoms with Crippen molar-refractivity contribution in [2.24, 2.45) is 5.41 Å². The van der Waals surface area contributed by atoms with Crippen LogP contribution in [0.2, 0.25) is 0 Å². The van der Waals surface area contributed by atoms with Crippen molar-refractivity contribution in [3.63, 3.8) is 0 Å². The average Bonchev–Trinajstić information content (AvgIpc) is 2.26. The Morgan fingerprint density at radius 2 is 2.12 bits per heavy atom. The number of hydrogen-bond donors (Lipinski definition) is 0. The van der Waals surface area contributed by atoms with Gasteiger partial charge in [0.25, 0.3) is 0 Å². The molecule has 4 nitrogen and oxygen atoms in total. The van der Waals surface area contributed by atoms with E-state index in [0.29, 0.717) is 12.4 Å². The molecule has 0 N–H and O–H groups in total. The van der Waals surface area contributed by atoms with Gasteiger partial charge in [0.05, 0.1) is 11.5 Å². The highest BCUT2D eigenvalue weighted by Crippen LogP contribution is 2.29. The molecular weight excluding hydrogens is 286 g/mol. The van der Waals surface area contributed by atoms with Crippen LogP contribution in [0.1, 0.15) is 19.4 Å². The molecule has 94 valence electrons. The first-order valence-corrected chi connectivity index (χ1v) is 6.42. The van der Waals surface area contributed by atoms with E-state index in [1.807, 2.05) is 20.8 Å². The lowest BCUT2D eigenvalue weighted by Crippen LogP contribution is -2.23. The summed E-state index contributed by atoms with van der Waals surface area (Å²) in [5, 5.41) is 11.6. The second-order valence-electron chi connectivity index (χ2n) is 4.81. The molecule has 0 aliphatic rings. The number of nitrogens with zero attached hydrogens (tertiary/aromatic N) is 1. The van der Waals surface area contributed by atoms with Gasteiger partial charge in [0.2, 0.25) is 0 Å². The van der Waals surface area contributed by atoms with E-state index in [9.17, 15) is 10.1 Å². The Labute approximate surface area is 109 Å². The Hall–Kier alpha value is -1.10. The molecule has 0 radical (unpaired) electrons. The van der Waals surface area contributed by atoms with Gasteiger partial charge in [-0.05, 0) is 18.6 Å². The summed E-state index contributed by atoms with van der Waals surface area (Å²) in [5.41, 5.74) is 0.903. The Balaban J connectivity index is 2.89. The molecule has 0 amide bonds. The lowest BCUT2D eigenvalue weighted by atomic mass is 9.98. The van der Waals surface area contributed by atoms with Crippen molar-refractivity contribution in [2.45, 2.75) is 20.8 Å². The Morgan fingerprint density at radius 1 is 1.47 bits per heavy atom. The highest BCUT2D eigenvalue weighted by atomic mass is 79.9. The van der Waals surface area contributed by atoms with E-state index in [0.717, 1.165) is 10.9 Å². The van der Waals surface area contributed by atoms with Gasteiger partial charge in [-0.25, -0.2) is 0 Å². The standard InChI is InChI=1S/C12H16BrNO3/c1-9-4-5-10(14(15)16)11(6-9)17-8-12(2,3)7-13/h4-6H,7-8H2,1-3H3. The molecule has 17 heavy (non-hydrogen) atoms. The molecule has 1 rings (SSSR count). The molecule has 0 aromatic heterocycles. The van der Waals surface area contributed by atoms with E-state index in [4.69, 9.17) is 4.74 Å². The van der Waals surface area contributed by atoms with Crippen LogP contribution in [0, 0.1) is 22.5 Å². The number of rotatable bonds is 5. The average molecular weight is 302 g/mol. The minimum atomic E-state index is -0.421. The fraction of sp³-hybridized carbons (Fsp3) is 0.500. The lowest BCUT2D eigenvalue weighted by molar-refractivity contribution is -0.386. The van der Waals surface area contributed by atoms with Crippen LogP contribution in [0.3, 0.4) is 0 Å². The first-order chi connectivity index (χ1) is 7.85. The molecule has 0 aliphatic carbocycles. The highest BCUT2D eigenvalue weighted by molar-refractivity contribution is 9.09. The summed E-state index contributed by atoms with van der Waals surface area (Å²) in [6.45, 7) is 6.38. The van der Waals surface area contributed by atoms with Gasteiger partial charge < -0.3 is 4.74 Å². The lowest BCUT2D eigenvalue weighted by Gasteiger charge is -2.21. The van der Waals surface area contributed by atoms with E-state index in [-0.39, 0.29) is 11.1 Å². The number of halogens is 1. The van der Waals surface area contributed by atoms with E-state index >= 15 is 0 Å². The number of nitro benzene ring substituents is 1. The molecule has 0 fully saturated rings. The Kier molecular flexibility index (Phi) is 4.51. The molecule has 0 spiro atoms. The van der Waals surface area contributed by atoms with Crippen molar-refractivity contribution in [3.8, 4) is 5.75 Å². The van der Waals surface area contributed by atoms with Gasteiger partial charge in [0.1, 0.15) is 0 Å². The second kappa shape index (κ2) is 5.49. The third-order valence-electron chi connectivity index (χ3n) is 2.29. The quantitative estimate of drug-likeness (QED) is 0.473. The first kappa shape index (κ1) is 14.0. The van der Waals surface area contributed by atoms with Crippen LogP contribution < -0.4 is 4.74 Å². The summed E-state index contributed by atoms with van der Waals surface area (Å²) in [4.78, 5) is 10.4. The predicted octanol–water partition coefficient (Wildman–Crippen LogP) is 3.70. The first-order valence-electron chi connectivity index (χ1n) is 5.29. The van der Waals surface area contributed by atoms with Crippen LogP contribution in [-0.4, -0.2) is 16.9 Å². The Morgan fingerprint density at radius 3 is 2.65 bits per heavy atom. The zero-order chi connectivity index (χ0) is 13.1. The van der Waals surface area contributed by atoms with Gasteiger partial charge >= 0.3 is 5.69 Å². The maximum absolute atomic E-state index is 10.8. The fourth-order valence-corrected chi connectivity index (χ4v) is 1.36. The molecule has 0 atom stereocenters. The molecule has 0 saturated carbocycles. The van der Waals surface area contributed by atoms with Crippen molar-refractivity contribution >= 4 is 21.6 Å². The minimum Gasteiger partial charge on any atom is -0.486 e. The summed E-state index contributed by atoms with van der Waals surface area (Å²) >= 11 is 3.39. The van der Waals surface area contributed by atoms with Gasteiger partial charge in [-0.3, -0.25) is 10.1 Å². The van der Waals surface area contributed by atoms with Gasteiger partial charge in [-0.15, -0.1) is 0 Å². The molecule has 0 bridgehead atoms. The van der Waals surface area contributed by atoms with Crippen molar-refractivity contribution in [3.05, 3.63) is 33.9 Å². The molecule has 0 unspecified atom stereocenters. The molecule has 5 heteroatoms. The highest BCUT2D eigenvalue weighted by Gasteiger charge is 2.20. The molecule has 0 aliphatic heterocycles. The Bertz CT molecular complexity index is 418. The molecule has 0 heterocycles. The van der Waals surface area contributed by atoms with Crippen LogP contribution in [0.4, 0.5) is 5.69 Å². The van der Waals surface area contributed by atoms with Gasteiger partial charge in [0.15, 0.2) is 5.75 Å². The van der Waals surface area contributed by atoms with Crippen LogP contribution in [0.5, 0.6) is 5.75 Å². The number of benzene rings is 1. The maximum Gasteiger partial charge on any atom is 0.310 e. The van der Waals surface area contributed by atoms with Gasteiger partial charge in [0, 0.05) is 16.8 Å². The van der Waals surface area contributed by atoms with Gasteiger partial charge in [-0.1, -0.05) is 35.8 Å². The third-order valence-corrected chi connectivity index (χ3v) is 3.81. The summed E-state index contributed by atoms with van der Waals surface area (Å²) in [7, 11) is 0. The summed E-state index contributed by atoms with van der Waals surface area (Å²) in [6, 6.07) is 4.88. The molecule has 0 saturated heterocycles. The topological polar surface area (TPSA) is 52.4 Å². The molecular formula is C12H16BrNO3. The smallest absolute Gasteiger partial charge is 0.310 e. The van der Waals surface area contributed by atoms with Crippen LogP contribution in [0.15, 0.2) is 18.2 Å². The van der Waals surface area contributed by atoms with Gasteiger partial charge in [-0.2, -0.15) is 0 Å². The number of hydrogen-bond acceptors (Lipinski definition) is 3. The maximum atomic E-state index is 10.8. The number of nitro groups is 1. The van der Waals surface area contributed by atoms with Crippen LogP contribution >= 0.6 is 15.9 Å². The summed E-state index contributed by atoms with van der Waals surface area (Å²) in [5.74, 6) is 0.337. The summed E-state index contributed by atoms with van der Waals surface area (Å²) in [6.07, 6.45) is 0. The van der Waals surface area contributed by atoms with E-state index < -0.39 is 4.92 Å². The normalized spacial score (nSPS) is 11.3. The number of aryl methyl sites for hydroxylation is 1. The number of ether oxygens (including phenoxy) is 1. The molecule has 1 aromatic carbocycles. The SMILES string of the molecule is Cc1ccc([N+](=O)[O-])c(OCC(C)(C)CBr)c1. The van der Waals surface area contributed by atoms with Crippen molar-refractivity contribution in [1.82, 2.24) is 0 Å². The van der Waals surface area contributed by atoms with Crippen LogP contribution in [-0.2, 0) is 0 Å². The monoisotopic (exact) mass is 301 g/mol. The van der Waals surface area contributed by atoms with E-state index in [1.54, 1.807) is 12.1 Å². The van der Waals surface area contributed by atoms with E-state index in [1.165, 1.54) is 6.07 Å². The zero-order valence-corrected chi connectivity index (χ0v) is 11.8. The zero-order valence-electron chi connectivity index (χ0n) is 10.2. The predicted molar refractivity (Wildman–Crippen MR) is 70.9 cm³/mol.